The summed E-state index contributed by atoms with van der Waals surface area (Å²) in [7, 11) is -6.23. The van der Waals surface area contributed by atoms with Crippen LogP contribution >= 0.6 is 23.2 Å². The van der Waals surface area contributed by atoms with Crippen LogP contribution in [0.5, 0.6) is 23.0 Å². The van der Waals surface area contributed by atoms with Crippen molar-refractivity contribution in [1.29, 1.82) is 0 Å². The third-order valence-corrected chi connectivity index (χ3v) is 13.3. The Bertz CT molecular complexity index is 3490. The van der Waals surface area contributed by atoms with Crippen LogP contribution in [-0.2, 0) is 20.2 Å². The molecule has 0 saturated heterocycles. The quantitative estimate of drug-likeness (QED) is 0.0505. The number of anilines is 2. The predicted octanol–water partition coefficient (Wildman–Crippen LogP) is 11.5. The second kappa shape index (κ2) is 23.6. The maximum atomic E-state index is 13.3. The van der Waals surface area contributed by atoms with Crippen LogP contribution in [0.15, 0.2) is 164 Å². The molecule has 73 heavy (non-hydrogen) atoms. The molecule has 0 fully saturated rings. The SMILES string of the molecule is COc1ccc(NC(=O)c2cc3ccccc3c(N=Nc3cc(Cl)c(S(=O)(=O)O)cc3C)c2O)cc1.COc1ccc(NC(=O)c2cc3ccccc3c(N=Nc3cc(Cl)c(S(=O)(=O)[O-])cc3C)c2[O-])cc1.[Ba+2]. The number of carbonyl (C=O) groups is 2. The van der Waals surface area contributed by atoms with Gasteiger partial charge in [-0.15, -0.1) is 5.11 Å². The number of carbonyl (C=O) groups excluding carboxylic acids is 2. The van der Waals surface area contributed by atoms with E-state index in [1.807, 2.05) is 0 Å². The number of hydrogen-bond donors (Lipinski definition) is 4. The number of phenolic OH excluding ortho intramolecular Hbond substituents is 1. The van der Waals surface area contributed by atoms with E-state index in [0.29, 0.717) is 55.5 Å². The van der Waals surface area contributed by atoms with Gasteiger partial charge < -0.3 is 34.9 Å². The first kappa shape index (κ1) is 55.9. The van der Waals surface area contributed by atoms with Crippen molar-refractivity contribution in [2.24, 2.45) is 20.5 Å². The van der Waals surface area contributed by atoms with Gasteiger partial charge in [-0.2, -0.15) is 23.8 Å². The number of ether oxygens (including phenoxy) is 2. The van der Waals surface area contributed by atoms with Crippen molar-refractivity contribution >= 4 is 160 Å². The molecule has 8 aromatic rings. The van der Waals surface area contributed by atoms with Crippen molar-refractivity contribution < 1.29 is 55.2 Å². The molecule has 0 aliphatic carbocycles. The number of amides is 2. The van der Waals surface area contributed by atoms with Crippen LogP contribution in [0.2, 0.25) is 10.0 Å². The summed E-state index contributed by atoms with van der Waals surface area (Å²) in [6, 6.07) is 34.9. The molecule has 18 nitrogen and oxygen atoms in total. The van der Waals surface area contributed by atoms with Crippen LogP contribution < -0.4 is 25.2 Å². The molecule has 0 aromatic heterocycles. The zero-order valence-corrected chi connectivity index (χ0v) is 46.3. The van der Waals surface area contributed by atoms with Gasteiger partial charge in [-0.3, -0.25) is 14.1 Å². The van der Waals surface area contributed by atoms with E-state index in [1.165, 1.54) is 45.4 Å². The number of fused-ring (bicyclic) bond motifs is 2. The van der Waals surface area contributed by atoms with Gasteiger partial charge >= 0.3 is 48.9 Å². The Labute approximate surface area is 468 Å². The third-order valence-electron chi connectivity index (χ3n) is 10.7. The molecule has 0 heterocycles. The van der Waals surface area contributed by atoms with E-state index in [9.17, 15) is 45.7 Å². The van der Waals surface area contributed by atoms with Crippen LogP contribution in [-0.4, -0.2) is 106 Å². The first-order valence-corrected chi connectivity index (χ1v) is 24.5. The van der Waals surface area contributed by atoms with Crippen molar-refractivity contribution in [1.82, 2.24) is 0 Å². The Kier molecular flexibility index (Phi) is 18.1. The number of aromatic hydroxyl groups is 1. The fourth-order valence-electron chi connectivity index (χ4n) is 7.02. The van der Waals surface area contributed by atoms with Crippen LogP contribution in [0.1, 0.15) is 31.8 Å². The van der Waals surface area contributed by atoms with E-state index in [4.69, 9.17) is 32.7 Å². The summed E-state index contributed by atoms with van der Waals surface area (Å²) in [4.78, 5) is 25.0. The second-order valence-electron chi connectivity index (χ2n) is 15.5. The minimum atomic E-state index is -4.78. The first-order chi connectivity index (χ1) is 34.2. The van der Waals surface area contributed by atoms with Crippen LogP contribution in [0.3, 0.4) is 0 Å². The molecule has 0 radical (unpaired) electrons. The minimum absolute atomic E-state index is 0. The molecule has 0 saturated carbocycles. The third kappa shape index (κ3) is 13.2. The van der Waals surface area contributed by atoms with Crippen molar-refractivity contribution in [3.05, 3.63) is 166 Å². The molecule has 0 spiro atoms. The molecule has 8 aromatic carbocycles. The Morgan fingerprint density at radius 1 is 0.589 bits per heavy atom. The molecular weight excluding hydrogens is 1150 g/mol. The van der Waals surface area contributed by atoms with E-state index in [-0.39, 0.29) is 98.6 Å². The Balaban J connectivity index is 0.000000235. The largest absolute Gasteiger partial charge is 2.00 e. The van der Waals surface area contributed by atoms with Gasteiger partial charge in [0.25, 0.3) is 21.9 Å². The number of aryl methyl sites for hydroxylation is 2. The van der Waals surface area contributed by atoms with Crippen molar-refractivity contribution in [2.45, 2.75) is 23.6 Å². The fourth-order valence-corrected chi connectivity index (χ4v) is 9.16. The number of benzene rings is 8. The number of hydrogen-bond acceptors (Lipinski definition) is 15. The van der Waals surface area contributed by atoms with E-state index < -0.39 is 47.6 Å². The van der Waals surface area contributed by atoms with E-state index in [2.05, 4.69) is 31.1 Å². The maximum absolute atomic E-state index is 13.3. The van der Waals surface area contributed by atoms with Crippen molar-refractivity contribution in [3.63, 3.8) is 0 Å². The van der Waals surface area contributed by atoms with E-state index in [0.717, 1.165) is 6.07 Å². The van der Waals surface area contributed by atoms with Gasteiger partial charge in [0.05, 0.1) is 51.8 Å². The number of nitrogens with one attached hydrogen (secondary N) is 2. The number of nitrogens with zero attached hydrogens (tertiary/aromatic N) is 4. The smallest absolute Gasteiger partial charge is 0.870 e. The number of phenols is 1. The van der Waals surface area contributed by atoms with E-state index >= 15 is 0 Å². The van der Waals surface area contributed by atoms with Gasteiger partial charge in [-0.05, 0) is 121 Å². The molecule has 368 valence electrons. The summed E-state index contributed by atoms with van der Waals surface area (Å²) in [5.74, 6) is -0.979. The molecule has 0 bridgehead atoms. The van der Waals surface area contributed by atoms with Gasteiger partial charge in [0.2, 0.25) is 0 Å². The molecule has 0 aliphatic rings. The summed E-state index contributed by atoms with van der Waals surface area (Å²) in [6.45, 7) is 3.09. The molecule has 23 heteroatoms. The monoisotopic (exact) mass is 1190 g/mol. The normalized spacial score (nSPS) is 11.5. The average Bonchev–Trinajstić information content (AvgIpc) is 3.34. The minimum Gasteiger partial charge on any atom is -0.870 e. The van der Waals surface area contributed by atoms with E-state index in [1.54, 1.807) is 110 Å². The number of azo groups is 2. The zero-order chi connectivity index (χ0) is 52.1. The number of halogens is 2. The summed E-state index contributed by atoms with van der Waals surface area (Å²) >= 11 is 12.0. The van der Waals surface area contributed by atoms with Gasteiger partial charge in [-0.25, -0.2) is 8.42 Å². The molecular formula is C50H38BaCl2N6O12S2. The summed E-state index contributed by atoms with van der Waals surface area (Å²) in [6.07, 6.45) is 0. The molecule has 0 atom stereocenters. The Hall–Kier alpha value is -6.41. The molecule has 2 amide bonds. The fraction of sp³-hybridized carbons (Fsp3) is 0.0800. The summed E-state index contributed by atoms with van der Waals surface area (Å²) < 4.78 is 76.6. The van der Waals surface area contributed by atoms with Crippen molar-refractivity contribution in [2.75, 3.05) is 24.9 Å². The predicted molar refractivity (Wildman–Crippen MR) is 275 cm³/mol. The number of methoxy groups -OCH3 is 2. The molecule has 0 unspecified atom stereocenters. The average molecular weight is 1190 g/mol. The van der Waals surface area contributed by atoms with Crippen LogP contribution in [0.4, 0.5) is 34.1 Å². The summed E-state index contributed by atoms with van der Waals surface area (Å²) in [5.41, 5.74) is 1.82. The molecule has 4 N–H and O–H groups in total. The van der Waals surface area contributed by atoms with Gasteiger partial charge in [0.1, 0.15) is 32.2 Å². The van der Waals surface area contributed by atoms with Crippen LogP contribution in [0, 0.1) is 13.8 Å². The molecule has 0 aliphatic heterocycles. The first-order valence-electron chi connectivity index (χ1n) is 20.9. The summed E-state index contributed by atoms with van der Waals surface area (Å²) in [5, 5.41) is 47.9. The maximum Gasteiger partial charge on any atom is 2.00 e. The Morgan fingerprint density at radius 2 is 1.00 bits per heavy atom. The second-order valence-corrected chi connectivity index (χ2v) is 19.1. The van der Waals surface area contributed by atoms with Crippen LogP contribution in [0.25, 0.3) is 21.5 Å². The van der Waals surface area contributed by atoms with Crippen molar-refractivity contribution in [3.8, 4) is 23.0 Å². The zero-order valence-electron chi connectivity index (χ0n) is 38.7. The van der Waals surface area contributed by atoms with Gasteiger partial charge in [-0.1, -0.05) is 77.5 Å². The Morgan fingerprint density at radius 3 is 1.47 bits per heavy atom. The topological polar surface area (TPSA) is 281 Å². The standard InChI is InChI=1S/2C25H20ClN3O6S.Ba/c2*1-14-11-22(36(32,33)34)20(26)13-21(14)28-29-23-18-6-4-3-5-15(18)12-19(24(23)30)25(31)27-16-7-9-17(35-2)10-8-16;/h2*3-13,30H,1-2H3,(H,27,31)(H,32,33,34);/q;;+2/p-2. The molecule has 8 rings (SSSR count). The van der Waals surface area contributed by atoms with Gasteiger partial charge in [0, 0.05) is 27.7 Å². The van der Waals surface area contributed by atoms with Gasteiger partial charge in [0.15, 0.2) is 5.75 Å². The number of rotatable bonds is 12.